The third-order valence-electron chi connectivity index (χ3n) is 7.99. The van der Waals surface area contributed by atoms with E-state index in [1.807, 2.05) is 27.7 Å². The Kier molecular flexibility index (Phi) is 15.8. The van der Waals surface area contributed by atoms with E-state index in [-0.39, 0.29) is 46.3 Å². The molecule has 10 nitrogen and oxygen atoms in total. The van der Waals surface area contributed by atoms with Gasteiger partial charge in [0.15, 0.2) is 0 Å². The summed E-state index contributed by atoms with van der Waals surface area (Å²) in [6, 6.07) is 9.92. The maximum atomic E-state index is 12.8. The quantitative estimate of drug-likeness (QED) is 0.101. The molecular formula is C34H50N4O6. The second kappa shape index (κ2) is 19.2. The summed E-state index contributed by atoms with van der Waals surface area (Å²) in [7, 11) is 0. The Balaban J connectivity index is 1.82. The van der Waals surface area contributed by atoms with Crippen LogP contribution < -0.4 is 21.7 Å². The minimum Gasteiger partial charge on any atom is -0.507 e. The van der Waals surface area contributed by atoms with E-state index in [9.17, 15) is 29.4 Å². The number of hydrogen-bond acceptors (Lipinski definition) is 6. The number of rotatable bonds is 17. The lowest BCUT2D eigenvalue weighted by molar-refractivity contribution is -0.127. The van der Waals surface area contributed by atoms with Crippen molar-refractivity contribution in [1.29, 1.82) is 0 Å². The van der Waals surface area contributed by atoms with E-state index in [1.165, 1.54) is 12.1 Å². The molecule has 2 aromatic carbocycles. The Bertz CT molecular complexity index is 1150. The molecule has 2 atom stereocenters. The van der Waals surface area contributed by atoms with Crippen molar-refractivity contribution in [1.82, 2.24) is 21.7 Å². The Hall–Kier alpha value is -4.08. The maximum Gasteiger partial charge on any atom is 0.273 e. The number of nitrogens with one attached hydrogen (secondary N) is 4. The number of aromatic hydroxyl groups is 2. The lowest BCUT2D eigenvalue weighted by Crippen LogP contribution is -2.45. The standard InChI is InChI=1S/C34H50N4O6/c1-5-9-15-25-19-13-21-27(39)29(25)33(43)37-35-31(41)23(7-3)17-11-12-18-24(8-4)32(42)36-38-34(44)30-26(16-10-6-2)20-14-22-28(30)40/h13-14,19-24,39-40H,5-12,15-18H2,1-4H3,(H,35,41)(H,36,42)(H,37,43)(H,38,44). The van der Waals surface area contributed by atoms with E-state index in [4.69, 9.17) is 0 Å². The highest BCUT2D eigenvalue weighted by molar-refractivity contribution is 6.00. The minimum atomic E-state index is -0.555. The van der Waals surface area contributed by atoms with Crippen LogP contribution in [0.25, 0.3) is 0 Å². The highest BCUT2D eigenvalue weighted by Crippen LogP contribution is 2.24. The highest BCUT2D eigenvalue weighted by Gasteiger charge is 2.22. The Morgan fingerprint density at radius 2 is 0.977 bits per heavy atom. The topological polar surface area (TPSA) is 157 Å². The van der Waals surface area contributed by atoms with Crippen molar-refractivity contribution in [2.45, 2.75) is 105 Å². The zero-order valence-electron chi connectivity index (χ0n) is 26.6. The van der Waals surface area contributed by atoms with Crippen LogP contribution in [0.4, 0.5) is 0 Å². The van der Waals surface area contributed by atoms with Gasteiger partial charge >= 0.3 is 0 Å². The van der Waals surface area contributed by atoms with Gasteiger partial charge in [0.2, 0.25) is 11.8 Å². The molecule has 0 fully saturated rings. The van der Waals surface area contributed by atoms with E-state index in [0.717, 1.165) is 36.8 Å². The lowest BCUT2D eigenvalue weighted by Gasteiger charge is -2.18. The number of phenolic OH excluding ortho intramolecular Hbond substituents is 2. The molecule has 0 radical (unpaired) electrons. The van der Waals surface area contributed by atoms with Gasteiger partial charge in [-0.15, -0.1) is 0 Å². The fourth-order valence-corrected chi connectivity index (χ4v) is 5.24. The normalized spacial score (nSPS) is 12.2. The molecule has 242 valence electrons. The van der Waals surface area contributed by atoms with E-state index < -0.39 is 11.8 Å². The number of benzene rings is 2. The average Bonchev–Trinajstić information content (AvgIpc) is 3.01. The second-order valence-corrected chi connectivity index (χ2v) is 11.2. The van der Waals surface area contributed by atoms with Crippen molar-refractivity contribution in [3.05, 3.63) is 58.7 Å². The maximum absolute atomic E-state index is 12.8. The molecule has 6 N–H and O–H groups in total. The van der Waals surface area contributed by atoms with Crippen molar-refractivity contribution < 1.29 is 29.4 Å². The van der Waals surface area contributed by atoms with Gasteiger partial charge in [-0.05, 0) is 74.6 Å². The van der Waals surface area contributed by atoms with Gasteiger partial charge in [0, 0.05) is 11.8 Å². The molecule has 0 aliphatic carbocycles. The van der Waals surface area contributed by atoms with Crippen molar-refractivity contribution in [2.24, 2.45) is 11.8 Å². The predicted octanol–water partition coefficient (Wildman–Crippen LogP) is 5.62. The molecule has 4 amide bonds. The van der Waals surface area contributed by atoms with Crippen LogP contribution in [0.3, 0.4) is 0 Å². The summed E-state index contributed by atoms with van der Waals surface area (Å²) in [4.78, 5) is 51.2. The second-order valence-electron chi connectivity index (χ2n) is 11.2. The van der Waals surface area contributed by atoms with Crippen molar-refractivity contribution in [3.8, 4) is 11.5 Å². The van der Waals surface area contributed by atoms with Crippen LogP contribution in [0.1, 0.15) is 124 Å². The number of phenols is 2. The molecule has 0 heterocycles. The summed E-state index contributed by atoms with van der Waals surface area (Å²) in [6.45, 7) is 7.91. The number of carbonyl (C=O) groups is 4. The first kappa shape index (κ1) is 36.1. The van der Waals surface area contributed by atoms with Gasteiger partial charge in [-0.25, -0.2) is 0 Å². The molecule has 2 aromatic rings. The van der Waals surface area contributed by atoms with E-state index >= 15 is 0 Å². The number of hydrogen-bond donors (Lipinski definition) is 6. The Morgan fingerprint density at radius 1 is 0.591 bits per heavy atom. The third kappa shape index (κ3) is 10.9. The SMILES string of the molecule is CCCCc1cccc(O)c1C(=O)NNC(=O)C(CC)CCCCC(CC)C(=O)NNC(=O)c1c(O)cccc1CCCC. The average molecular weight is 611 g/mol. The lowest BCUT2D eigenvalue weighted by atomic mass is 9.94. The van der Waals surface area contributed by atoms with E-state index in [0.29, 0.717) is 51.4 Å². The molecular weight excluding hydrogens is 560 g/mol. The van der Waals surface area contributed by atoms with Gasteiger partial charge < -0.3 is 10.2 Å². The molecule has 0 bridgehead atoms. The summed E-state index contributed by atoms with van der Waals surface area (Å²) >= 11 is 0. The smallest absolute Gasteiger partial charge is 0.273 e. The predicted molar refractivity (Wildman–Crippen MR) is 171 cm³/mol. The molecule has 0 saturated heterocycles. The number of amides is 4. The summed E-state index contributed by atoms with van der Waals surface area (Å²) < 4.78 is 0. The van der Waals surface area contributed by atoms with Crippen LogP contribution in [-0.2, 0) is 22.4 Å². The molecule has 2 rings (SSSR count). The molecule has 0 aliphatic heterocycles. The fraction of sp³-hybridized carbons (Fsp3) is 0.529. The number of unbranched alkanes of at least 4 members (excludes halogenated alkanes) is 3. The Morgan fingerprint density at radius 3 is 1.32 bits per heavy atom. The van der Waals surface area contributed by atoms with Crippen LogP contribution >= 0.6 is 0 Å². The molecule has 0 saturated carbocycles. The minimum absolute atomic E-state index is 0.124. The Labute approximate surface area is 261 Å². The van der Waals surface area contributed by atoms with Gasteiger partial charge in [0.1, 0.15) is 11.5 Å². The van der Waals surface area contributed by atoms with Gasteiger partial charge in [0.05, 0.1) is 11.1 Å². The first-order valence-electron chi connectivity index (χ1n) is 16.0. The van der Waals surface area contributed by atoms with Crippen LogP contribution in [0.5, 0.6) is 11.5 Å². The van der Waals surface area contributed by atoms with Crippen LogP contribution in [0, 0.1) is 11.8 Å². The fourth-order valence-electron chi connectivity index (χ4n) is 5.24. The van der Waals surface area contributed by atoms with Gasteiger partial charge in [0.25, 0.3) is 11.8 Å². The van der Waals surface area contributed by atoms with Crippen LogP contribution in [0.15, 0.2) is 36.4 Å². The number of carbonyl (C=O) groups excluding carboxylic acids is 4. The van der Waals surface area contributed by atoms with Crippen molar-refractivity contribution in [3.63, 3.8) is 0 Å². The summed E-state index contributed by atoms with van der Waals surface area (Å²) in [6.07, 6.45) is 8.69. The van der Waals surface area contributed by atoms with Gasteiger partial charge in [-0.2, -0.15) is 0 Å². The first-order chi connectivity index (χ1) is 21.2. The molecule has 2 unspecified atom stereocenters. The highest BCUT2D eigenvalue weighted by atomic mass is 16.3. The summed E-state index contributed by atoms with van der Waals surface area (Å²) in [5, 5.41) is 20.5. The zero-order chi connectivity index (χ0) is 32.5. The molecule has 0 aliphatic rings. The summed E-state index contributed by atoms with van der Waals surface area (Å²) in [5.74, 6) is -2.62. The molecule has 0 aromatic heterocycles. The number of hydrazine groups is 2. The van der Waals surface area contributed by atoms with Crippen molar-refractivity contribution in [2.75, 3.05) is 0 Å². The van der Waals surface area contributed by atoms with Crippen LogP contribution in [-0.4, -0.2) is 33.8 Å². The molecule has 44 heavy (non-hydrogen) atoms. The zero-order valence-corrected chi connectivity index (χ0v) is 26.6. The monoisotopic (exact) mass is 610 g/mol. The van der Waals surface area contributed by atoms with Gasteiger partial charge in [-0.1, -0.05) is 77.6 Å². The van der Waals surface area contributed by atoms with Crippen LogP contribution in [0.2, 0.25) is 0 Å². The van der Waals surface area contributed by atoms with Gasteiger partial charge in [-0.3, -0.25) is 40.9 Å². The first-order valence-corrected chi connectivity index (χ1v) is 16.0. The van der Waals surface area contributed by atoms with E-state index in [2.05, 4.69) is 21.7 Å². The van der Waals surface area contributed by atoms with E-state index in [1.54, 1.807) is 24.3 Å². The largest absolute Gasteiger partial charge is 0.507 e. The molecule has 10 heteroatoms. The molecule has 0 spiro atoms. The third-order valence-corrected chi connectivity index (χ3v) is 7.99. The van der Waals surface area contributed by atoms with Crippen molar-refractivity contribution >= 4 is 23.6 Å². The number of aryl methyl sites for hydroxylation is 2. The summed E-state index contributed by atoms with van der Waals surface area (Å²) in [5.41, 5.74) is 11.7.